The Morgan fingerprint density at radius 2 is 1.74 bits per heavy atom. The van der Waals surface area contributed by atoms with Crippen LogP contribution in [0.4, 0.5) is 11.4 Å². The lowest BCUT2D eigenvalue weighted by Crippen LogP contribution is -2.28. The molecule has 0 unspecified atom stereocenters. The van der Waals surface area contributed by atoms with Gasteiger partial charge in [0.15, 0.2) is 0 Å². The molecular formula is C27H24N4O4. The van der Waals surface area contributed by atoms with E-state index >= 15 is 0 Å². The maximum atomic E-state index is 12.9. The highest BCUT2D eigenvalue weighted by atomic mass is 16.5. The van der Waals surface area contributed by atoms with Crippen molar-refractivity contribution in [2.45, 2.75) is 13.3 Å². The lowest BCUT2D eigenvalue weighted by molar-refractivity contribution is -0.122. The average molecular weight is 469 g/mol. The number of carbonyl (C=O) groups is 2. The van der Waals surface area contributed by atoms with Crippen molar-refractivity contribution in [1.82, 2.24) is 10.1 Å². The number of benzene rings is 3. The van der Waals surface area contributed by atoms with Crippen LogP contribution in [0.15, 0.2) is 77.3 Å². The van der Waals surface area contributed by atoms with Crippen LogP contribution in [0.3, 0.4) is 0 Å². The van der Waals surface area contributed by atoms with Crippen LogP contribution in [-0.2, 0) is 9.59 Å². The van der Waals surface area contributed by atoms with E-state index in [0.29, 0.717) is 35.4 Å². The standard InChI is InChI=1S/C27H24N4O4/c1-17-7-9-18(10-8-17)25-29-27(35-30-25)19-11-13-21(14-12-19)28-26(33)20-15-24(32)31(16-20)22-5-3-4-6-23(22)34-2/h3-14,20H,15-16H2,1-2H3,(H,28,33)/t20-/m0/s1. The Balaban J connectivity index is 1.24. The summed E-state index contributed by atoms with van der Waals surface area (Å²) >= 11 is 0. The molecule has 2 heterocycles. The third-order valence-corrected chi connectivity index (χ3v) is 6.01. The summed E-state index contributed by atoms with van der Waals surface area (Å²) in [5.74, 6) is 0.744. The summed E-state index contributed by atoms with van der Waals surface area (Å²) < 4.78 is 10.8. The van der Waals surface area contributed by atoms with Crippen LogP contribution in [0, 0.1) is 12.8 Å². The number of aromatic nitrogens is 2. The summed E-state index contributed by atoms with van der Waals surface area (Å²) in [7, 11) is 1.56. The maximum Gasteiger partial charge on any atom is 0.258 e. The summed E-state index contributed by atoms with van der Waals surface area (Å²) in [6, 6.07) is 22.4. The monoisotopic (exact) mass is 468 g/mol. The Labute approximate surface area is 202 Å². The number of para-hydroxylation sites is 2. The molecule has 1 atom stereocenters. The second-order valence-electron chi connectivity index (χ2n) is 8.43. The Kier molecular flexibility index (Phi) is 6.01. The number of hydrogen-bond donors (Lipinski definition) is 1. The Bertz CT molecular complexity index is 1360. The molecule has 1 aliphatic heterocycles. The summed E-state index contributed by atoms with van der Waals surface area (Å²) in [5.41, 5.74) is 4.07. The minimum absolute atomic E-state index is 0.106. The van der Waals surface area contributed by atoms with Crippen LogP contribution < -0.4 is 15.0 Å². The van der Waals surface area contributed by atoms with Gasteiger partial charge in [0.1, 0.15) is 5.75 Å². The van der Waals surface area contributed by atoms with Crippen molar-refractivity contribution in [2.24, 2.45) is 5.92 Å². The predicted molar refractivity (Wildman–Crippen MR) is 132 cm³/mol. The van der Waals surface area contributed by atoms with Crippen LogP contribution in [0.5, 0.6) is 5.75 Å². The zero-order valence-electron chi connectivity index (χ0n) is 19.4. The highest BCUT2D eigenvalue weighted by molar-refractivity contribution is 6.04. The molecule has 3 aromatic carbocycles. The molecule has 0 bridgehead atoms. The predicted octanol–water partition coefficient (Wildman–Crippen LogP) is 4.71. The summed E-state index contributed by atoms with van der Waals surface area (Å²) in [6.45, 7) is 2.32. The first-order valence-electron chi connectivity index (χ1n) is 11.3. The van der Waals surface area contributed by atoms with Gasteiger partial charge in [-0.1, -0.05) is 47.1 Å². The fourth-order valence-corrected chi connectivity index (χ4v) is 4.07. The lowest BCUT2D eigenvalue weighted by atomic mass is 10.1. The molecule has 1 fully saturated rings. The van der Waals surface area contributed by atoms with E-state index < -0.39 is 5.92 Å². The normalized spacial score (nSPS) is 15.3. The smallest absolute Gasteiger partial charge is 0.258 e. The van der Waals surface area contributed by atoms with Crippen molar-refractivity contribution in [1.29, 1.82) is 0 Å². The van der Waals surface area contributed by atoms with Gasteiger partial charge in [0.25, 0.3) is 5.89 Å². The second-order valence-corrected chi connectivity index (χ2v) is 8.43. The minimum Gasteiger partial charge on any atom is -0.495 e. The molecule has 1 saturated heterocycles. The van der Waals surface area contributed by atoms with Crippen molar-refractivity contribution in [2.75, 3.05) is 23.9 Å². The van der Waals surface area contributed by atoms with Gasteiger partial charge in [0.05, 0.1) is 18.7 Å². The van der Waals surface area contributed by atoms with Crippen LogP contribution in [0.1, 0.15) is 12.0 Å². The number of nitrogens with zero attached hydrogens (tertiary/aromatic N) is 3. The third-order valence-electron chi connectivity index (χ3n) is 6.01. The number of rotatable bonds is 6. The first kappa shape index (κ1) is 22.3. The van der Waals surface area contributed by atoms with Gasteiger partial charge < -0.3 is 19.5 Å². The van der Waals surface area contributed by atoms with Gasteiger partial charge >= 0.3 is 0 Å². The number of nitrogens with one attached hydrogen (secondary N) is 1. The Morgan fingerprint density at radius 3 is 2.49 bits per heavy atom. The van der Waals surface area contributed by atoms with Gasteiger partial charge in [-0.05, 0) is 43.3 Å². The van der Waals surface area contributed by atoms with Gasteiger partial charge in [0.2, 0.25) is 17.6 Å². The van der Waals surface area contributed by atoms with E-state index in [1.807, 2.05) is 61.5 Å². The Morgan fingerprint density at radius 1 is 1.03 bits per heavy atom. The Hall–Kier alpha value is -4.46. The van der Waals surface area contributed by atoms with Gasteiger partial charge in [-0.2, -0.15) is 4.98 Å². The number of ether oxygens (including phenoxy) is 1. The number of carbonyl (C=O) groups excluding carboxylic acids is 2. The van der Waals surface area contributed by atoms with E-state index in [-0.39, 0.29) is 18.2 Å². The molecule has 5 rings (SSSR count). The molecule has 35 heavy (non-hydrogen) atoms. The molecule has 1 aliphatic rings. The highest BCUT2D eigenvalue weighted by Crippen LogP contribution is 2.33. The minimum atomic E-state index is -0.458. The molecular weight excluding hydrogens is 444 g/mol. The van der Waals surface area contributed by atoms with Crippen LogP contribution in [0.25, 0.3) is 22.8 Å². The van der Waals surface area contributed by atoms with Gasteiger partial charge in [-0.15, -0.1) is 0 Å². The van der Waals surface area contributed by atoms with E-state index in [1.54, 1.807) is 30.2 Å². The first-order chi connectivity index (χ1) is 17.0. The van der Waals surface area contributed by atoms with E-state index in [1.165, 1.54) is 0 Å². The molecule has 0 aliphatic carbocycles. The van der Waals surface area contributed by atoms with E-state index in [2.05, 4.69) is 15.5 Å². The molecule has 0 spiro atoms. The van der Waals surface area contributed by atoms with Crippen molar-refractivity contribution in [3.63, 3.8) is 0 Å². The van der Waals surface area contributed by atoms with Crippen molar-refractivity contribution in [3.05, 3.63) is 78.4 Å². The molecule has 1 N–H and O–H groups in total. The van der Waals surface area contributed by atoms with Crippen LogP contribution >= 0.6 is 0 Å². The number of amides is 2. The SMILES string of the molecule is COc1ccccc1N1C[C@@H](C(=O)Nc2ccc(-c3nc(-c4ccc(C)cc4)no3)cc2)CC1=O. The molecule has 8 nitrogen and oxygen atoms in total. The number of aryl methyl sites for hydroxylation is 1. The zero-order valence-corrected chi connectivity index (χ0v) is 19.4. The van der Waals surface area contributed by atoms with Gasteiger partial charge in [-0.3, -0.25) is 9.59 Å². The van der Waals surface area contributed by atoms with E-state index in [9.17, 15) is 9.59 Å². The van der Waals surface area contributed by atoms with Crippen LogP contribution in [-0.4, -0.2) is 35.6 Å². The van der Waals surface area contributed by atoms with E-state index in [0.717, 1.165) is 16.7 Å². The fraction of sp³-hybridized carbons (Fsp3) is 0.185. The first-order valence-corrected chi connectivity index (χ1v) is 11.3. The van der Waals surface area contributed by atoms with Crippen LogP contribution in [0.2, 0.25) is 0 Å². The third kappa shape index (κ3) is 4.63. The zero-order chi connectivity index (χ0) is 24.4. The summed E-state index contributed by atoms with van der Waals surface area (Å²) in [4.78, 5) is 31.5. The quantitative estimate of drug-likeness (QED) is 0.440. The molecule has 4 aromatic rings. The number of anilines is 2. The largest absolute Gasteiger partial charge is 0.495 e. The lowest BCUT2D eigenvalue weighted by Gasteiger charge is -2.19. The van der Waals surface area contributed by atoms with Crippen molar-refractivity contribution < 1.29 is 18.8 Å². The molecule has 176 valence electrons. The second kappa shape index (κ2) is 9.42. The summed E-state index contributed by atoms with van der Waals surface area (Å²) in [6.07, 6.45) is 0.145. The fourth-order valence-electron chi connectivity index (χ4n) is 4.07. The molecule has 0 radical (unpaired) electrons. The molecule has 8 heteroatoms. The average Bonchev–Trinajstić information content (AvgIpc) is 3.52. The molecule has 1 aromatic heterocycles. The topological polar surface area (TPSA) is 97.6 Å². The van der Waals surface area contributed by atoms with Crippen molar-refractivity contribution >= 4 is 23.2 Å². The molecule has 2 amide bonds. The van der Waals surface area contributed by atoms with Gasteiger partial charge in [0, 0.05) is 29.8 Å². The number of methoxy groups -OCH3 is 1. The van der Waals surface area contributed by atoms with Gasteiger partial charge in [-0.25, -0.2) is 0 Å². The number of hydrogen-bond acceptors (Lipinski definition) is 6. The highest BCUT2D eigenvalue weighted by Gasteiger charge is 2.36. The maximum absolute atomic E-state index is 12.9. The van der Waals surface area contributed by atoms with Crippen molar-refractivity contribution in [3.8, 4) is 28.6 Å². The summed E-state index contributed by atoms with van der Waals surface area (Å²) in [5, 5.41) is 6.97. The van der Waals surface area contributed by atoms with E-state index in [4.69, 9.17) is 9.26 Å². The molecule has 0 saturated carbocycles.